The minimum Gasteiger partial charge on any atom is -0.350 e. The van der Waals surface area contributed by atoms with Crippen LogP contribution in [0.3, 0.4) is 0 Å². The van der Waals surface area contributed by atoms with Crippen LogP contribution in [0.2, 0.25) is 0 Å². The zero-order valence-electron chi connectivity index (χ0n) is 11.0. The average molecular weight is 325 g/mol. The number of nitrogens with zero attached hydrogens (tertiary/aromatic N) is 2. The highest BCUT2D eigenvalue weighted by atomic mass is 32.2. The van der Waals surface area contributed by atoms with Crippen LogP contribution in [-0.2, 0) is 11.3 Å². The summed E-state index contributed by atoms with van der Waals surface area (Å²) in [6.45, 7) is 2.51. The molecule has 2 aromatic heterocycles. The molecule has 0 radical (unpaired) electrons. The summed E-state index contributed by atoms with van der Waals surface area (Å²) in [5, 5.41) is 14.3. The van der Waals surface area contributed by atoms with Gasteiger partial charge in [-0.1, -0.05) is 29.2 Å². The number of amides is 1. The number of hydrogen-bond donors (Lipinski definition) is 1. The van der Waals surface area contributed by atoms with E-state index in [-0.39, 0.29) is 11.2 Å². The molecule has 3 rings (SSSR count). The van der Waals surface area contributed by atoms with Crippen LogP contribution >= 0.6 is 34.4 Å². The molecule has 0 aliphatic heterocycles. The van der Waals surface area contributed by atoms with Gasteiger partial charge in [-0.05, 0) is 31.2 Å². The minimum atomic E-state index is -0.144. The van der Waals surface area contributed by atoms with Crippen LogP contribution < -0.4 is 5.32 Å². The van der Waals surface area contributed by atoms with E-state index in [2.05, 4.69) is 15.5 Å². The number of thioether (sulfide) groups is 1. The number of carbonyl (C=O) groups is 1. The average Bonchev–Trinajstić information content (AvgIpc) is 2.98. The number of hydrogen-bond acceptors (Lipinski definition) is 6. The Morgan fingerprint density at radius 3 is 3.10 bits per heavy atom. The van der Waals surface area contributed by atoms with Crippen molar-refractivity contribution in [2.45, 2.75) is 41.8 Å². The maximum atomic E-state index is 12.0. The molecule has 106 valence electrons. The lowest BCUT2D eigenvalue weighted by atomic mass is 10.4. The van der Waals surface area contributed by atoms with Crippen LogP contribution in [0, 0.1) is 0 Å². The highest BCUT2D eigenvalue weighted by Gasteiger charge is 2.28. The first-order valence-electron chi connectivity index (χ1n) is 6.52. The third kappa shape index (κ3) is 3.59. The van der Waals surface area contributed by atoms with Gasteiger partial charge in [0.2, 0.25) is 5.91 Å². The van der Waals surface area contributed by atoms with Gasteiger partial charge in [-0.3, -0.25) is 4.79 Å². The van der Waals surface area contributed by atoms with E-state index >= 15 is 0 Å². The molecular formula is C13H15N3OS3. The van der Waals surface area contributed by atoms with E-state index in [1.807, 2.05) is 24.4 Å². The molecule has 1 amide bonds. The second-order valence-corrected chi connectivity index (χ2v) is 8.37. The van der Waals surface area contributed by atoms with Gasteiger partial charge in [-0.2, -0.15) is 0 Å². The second kappa shape index (κ2) is 6.24. The van der Waals surface area contributed by atoms with Crippen LogP contribution in [0.1, 0.15) is 35.6 Å². The normalized spacial score (nSPS) is 16.1. The van der Waals surface area contributed by atoms with Crippen LogP contribution in [0.5, 0.6) is 0 Å². The summed E-state index contributed by atoms with van der Waals surface area (Å²) >= 11 is 4.77. The van der Waals surface area contributed by atoms with Gasteiger partial charge >= 0.3 is 0 Å². The fraction of sp³-hybridized carbons (Fsp3) is 0.462. The Kier molecular flexibility index (Phi) is 4.38. The summed E-state index contributed by atoms with van der Waals surface area (Å²) in [5.41, 5.74) is 0. The molecule has 1 aliphatic rings. The summed E-state index contributed by atoms with van der Waals surface area (Å²) in [6.07, 6.45) is 2.46. The first-order valence-corrected chi connectivity index (χ1v) is 9.10. The first kappa shape index (κ1) is 14.0. The number of rotatable bonds is 6. The SMILES string of the molecule is C[C@@H](Sc1nnc(C2CC2)s1)C(=O)NCc1cccs1. The summed E-state index contributed by atoms with van der Waals surface area (Å²) in [5.74, 6) is 0.677. The number of carbonyl (C=O) groups excluding carboxylic acids is 1. The molecule has 0 spiro atoms. The lowest BCUT2D eigenvalue weighted by Crippen LogP contribution is -2.30. The fourth-order valence-corrected chi connectivity index (χ4v) is 4.55. The largest absolute Gasteiger partial charge is 0.350 e. The maximum absolute atomic E-state index is 12.0. The summed E-state index contributed by atoms with van der Waals surface area (Å²) in [6, 6.07) is 4.01. The molecular weight excluding hydrogens is 310 g/mol. The highest BCUT2D eigenvalue weighted by molar-refractivity contribution is 8.02. The smallest absolute Gasteiger partial charge is 0.233 e. The van der Waals surface area contributed by atoms with Crippen molar-refractivity contribution >= 4 is 40.3 Å². The molecule has 7 heteroatoms. The molecule has 2 aromatic rings. The monoisotopic (exact) mass is 325 g/mol. The zero-order chi connectivity index (χ0) is 13.9. The van der Waals surface area contributed by atoms with Crippen molar-refractivity contribution in [2.24, 2.45) is 0 Å². The third-order valence-electron chi connectivity index (χ3n) is 3.01. The van der Waals surface area contributed by atoms with E-state index in [0.29, 0.717) is 12.5 Å². The Morgan fingerprint density at radius 1 is 1.55 bits per heavy atom. The molecule has 0 unspecified atom stereocenters. The minimum absolute atomic E-state index is 0.0478. The Morgan fingerprint density at radius 2 is 2.40 bits per heavy atom. The van der Waals surface area contributed by atoms with E-state index in [9.17, 15) is 4.79 Å². The highest BCUT2D eigenvalue weighted by Crippen LogP contribution is 2.42. The van der Waals surface area contributed by atoms with Crippen molar-refractivity contribution in [3.8, 4) is 0 Å². The van der Waals surface area contributed by atoms with Gasteiger partial charge < -0.3 is 5.32 Å². The summed E-state index contributed by atoms with van der Waals surface area (Å²) < 4.78 is 0.894. The molecule has 1 fully saturated rings. The van der Waals surface area contributed by atoms with Gasteiger partial charge in [-0.25, -0.2) is 0 Å². The maximum Gasteiger partial charge on any atom is 0.233 e. The van der Waals surface area contributed by atoms with E-state index in [1.165, 1.54) is 29.5 Å². The predicted molar refractivity (Wildman–Crippen MR) is 83.4 cm³/mol. The van der Waals surface area contributed by atoms with E-state index in [0.717, 1.165) is 9.35 Å². The summed E-state index contributed by atoms with van der Waals surface area (Å²) in [7, 11) is 0. The molecule has 1 atom stereocenters. The van der Waals surface area contributed by atoms with Gasteiger partial charge in [0.15, 0.2) is 4.34 Å². The standard InChI is InChI=1S/C13H15N3OS3/c1-8(11(17)14-7-10-3-2-6-18-10)19-13-16-15-12(20-13)9-4-5-9/h2-3,6,8-9H,4-5,7H2,1H3,(H,14,17)/t8-/m1/s1. The lowest BCUT2D eigenvalue weighted by molar-refractivity contribution is -0.120. The predicted octanol–water partition coefficient (Wildman–Crippen LogP) is 3.27. The molecule has 2 heterocycles. The van der Waals surface area contributed by atoms with Crippen molar-refractivity contribution in [3.05, 3.63) is 27.4 Å². The molecule has 1 aliphatic carbocycles. The second-order valence-electron chi connectivity index (χ2n) is 4.74. The fourth-order valence-electron chi connectivity index (χ4n) is 1.70. The molecule has 0 saturated heterocycles. The first-order chi connectivity index (χ1) is 9.72. The third-order valence-corrected chi connectivity index (χ3v) is 6.16. The van der Waals surface area contributed by atoms with E-state index < -0.39 is 0 Å². The van der Waals surface area contributed by atoms with Gasteiger partial charge in [0.25, 0.3) is 0 Å². The van der Waals surface area contributed by atoms with Crippen molar-refractivity contribution in [1.29, 1.82) is 0 Å². The van der Waals surface area contributed by atoms with Crippen LogP contribution in [0.4, 0.5) is 0 Å². The van der Waals surface area contributed by atoms with Gasteiger partial charge in [-0.15, -0.1) is 21.5 Å². The number of nitrogens with one attached hydrogen (secondary N) is 1. The quantitative estimate of drug-likeness (QED) is 0.828. The van der Waals surface area contributed by atoms with Gasteiger partial charge in [0, 0.05) is 10.8 Å². The Balaban J connectivity index is 1.49. The topological polar surface area (TPSA) is 54.9 Å². The van der Waals surface area contributed by atoms with Crippen molar-refractivity contribution < 1.29 is 4.79 Å². The van der Waals surface area contributed by atoms with Crippen LogP contribution in [0.15, 0.2) is 21.9 Å². The number of thiophene rings is 1. The van der Waals surface area contributed by atoms with Crippen LogP contribution in [-0.4, -0.2) is 21.4 Å². The number of aromatic nitrogens is 2. The molecule has 1 saturated carbocycles. The van der Waals surface area contributed by atoms with Gasteiger partial charge in [0.1, 0.15) is 5.01 Å². The lowest BCUT2D eigenvalue weighted by Gasteiger charge is -2.09. The molecule has 0 bridgehead atoms. The Hall–Kier alpha value is -0.920. The zero-order valence-corrected chi connectivity index (χ0v) is 13.5. The molecule has 4 nitrogen and oxygen atoms in total. The van der Waals surface area contributed by atoms with Crippen LogP contribution in [0.25, 0.3) is 0 Å². The van der Waals surface area contributed by atoms with Crippen molar-refractivity contribution in [2.75, 3.05) is 0 Å². The van der Waals surface area contributed by atoms with E-state index in [4.69, 9.17) is 0 Å². The summed E-state index contributed by atoms with van der Waals surface area (Å²) in [4.78, 5) is 13.2. The Bertz CT molecular complexity index is 577. The molecule has 20 heavy (non-hydrogen) atoms. The Labute approximate surface area is 130 Å². The molecule has 0 aromatic carbocycles. The van der Waals surface area contributed by atoms with E-state index in [1.54, 1.807) is 22.7 Å². The van der Waals surface area contributed by atoms with Crippen molar-refractivity contribution in [1.82, 2.24) is 15.5 Å². The van der Waals surface area contributed by atoms with Crippen molar-refractivity contribution in [3.63, 3.8) is 0 Å². The molecule has 1 N–H and O–H groups in total. The van der Waals surface area contributed by atoms with Gasteiger partial charge in [0.05, 0.1) is 11.8 Å².